The zero-order valence-corrected chi connectivity index (χ0v) is 13.9. The van der Waals surface area contributed by atoms with E-state index in [9.17, 15) is 4.79 Å². The predicted octanol–water partition coefficient (Wildman–Crippen LogP) is 2.94. The summed E-state index contributed by atoms with van der Waals surface area (Å²) in [5, 5.41) is 7.11. The number of para-hydroxylation sites is 1. The first-order valence-electron chi connectivity index (χ1n) is 8.05. The van der Waals surface area contributed by atoms with Crippen LogP contribution in [0.5, 0.6) is 5.75 Å². The normalized spacial score (nSPS) is 17.0. The van der Waals surface area contributed by atoms with Gasteiger partial charge in [-0.25, -0.2) is 0 Å². The van der Waals surface area contributed by atoms with E-state index in [4.69, 9.17) is 4.74 Å². The number of benzene rings is 1. The van der Waals surface area contributed by atoms with E-state index in [1.807, 2.05) is 43.1 Å². The Kier molecular flexibility index (Phi) is 4.37. The van der Waals surface area contributed by atoms with Crippen molar-refractivity contribution in [1.29, 1.82) is 0 Å². The Morgan fingerprint density at radius 3 is 2.87 bits per heavy atom. The zero-order chi connectivity index (χ0) is 16.4. The van der Waals surface area contributed by atoms with Gasteiger partial charge in [0.15, 0.2) is 0 Å². The average Bonchev–Trinajstić information content (AvgIpc) is 2.99. The molecule has 0 spiro atoms. The smallest absolute Gasteiger partial charge is 0.226 e. The molecule has 5 nitrogen and oxygen atoms in total. The molecule has 23 heavy (non-hydrogen) atoms. The summed E-state index contributed by atoms with van der Waals surface area (Å²) in [6.45, 7) is 7.95. The van der Waals surface area contributed by atoms with Crippen LogP contribution in [0.1, 0.15) is 41.6 Å². The van der Waals surface area contributed by atoms with Gasteiger partial charge in [0.05, 0.1) is 19.2 Å². The molecule has 0 bridgehead atoms. The van der Waals surface area contributed by atoms with Crippen LogP contribution >= 0.6 is 0 Å². The Balaban J connectivity index is 1.56. The highest BCUT2D eigenvalue weighted by atomic mass is 16.5. The van der Waals surface area contributed by atoms with Gasteiger partial charge in [0.25, 0.3) is 0 Å². The van der Waals surface area contributed by atoms with Gasteiger partial charge >= 0.3 is 0 Å². The van der Waals surface area contributed by atoms with Gasteiger partial charge in [-0.15, -0.1) is 0 Å². The van der Waals surface area contributed by atoms with Crippen LogP contribution in [0.3, 0.4) is 0 Å². The quantitative estimate of drug-likeness (QED) is 0.944. The van der Waals surface area contributed by atoms with Gasteiger partial charge in [-0.05, 0) is 25.0 Å². The highest BCUT2D eigenvalue weighted by molar-refractivity contribution is 5.76. The number of nitrogens with zero attached hydrogens (tertiary/aromatic N) is 2. The molecule has 2 aromatic rings. The second kappa shape index (κ2) is 6.44. The molecule has 0 fully saturated rings. The summed E-state index contributed by atoms with van der Waals surface area (Å²) in [5.41, 5.74) is 4.48. The van der Waals surface area contributed by atoms with E-state index < -0.39 is 0 Å². The number of amides is 1. The molecule has 0 radical (unpaired) electrons. The summed E-state index contributed by atoms with van der Waals surface area (Å²) in [5.74, 6) is 1.32. The fraction of sp³-hybridized carbons (Fsp3) is 0.444. The summed E-state index contributed by atoms with van der Waals surface area (Å²) < 4.78 is 5.84. The molecule has 122 valence electrons. The lowest BCUT2D eigenvalue weighted by atomic mass is 9.98. The first kappa shape index (κ1) is 15.6. The fourth-order valence-corrected chi connectivity index (χ4v) is 3.18. The minimum Gasteiger partial charge on any atom is -0.493 e. The van der Waals surface area contributed by atoms with Crippen molar-refractivity contribution in [2.45, 2.75) is 39.7 Å². The van der Waals surface area contributed by atoms with E-state index in [2.05, 4.69) is 17.1 Å². The zero-order valence-electron chi connectivity index (χ0n) is 13.9. The minimum absolute atomic E-state index is 0.134. The van der Waals surface area contributed by atoms with Gasteiger partial charge in [-0.3, -0.25) is 9.89 Å². The van der Waals surface area contributed by atoms with Gasteiger partial charge in [0, 0.05) is 30.3 Å². The highest BCUT2D eigenvalue weighted by Gasteiger charge is 2.26. The molecule has 1 aliphatic heterocycles. The maximum absolute atomic E-state index is 12.5. The minimum atomic E-state index is 0.134. The lowest BCUT2D eigenvalue weighted by molar-refractivity contribution is -0.133. The van der Waals surface area contributed by atoms with Gasteiger partial charge in [-0.1, -0.05) is 25.1 Å². The summed E-state index contributed by atoms with van der Waals surface area (Å²) in [6.07, 6.45) is 2.21. The Morgan fingerprint density at radius 1 is 1.39 bits per heavy atom. The highest BCUT2D eigenvalue weighted by Crippen LogP contribution is 2.26. The third kappa shape index (κ3) is 3.23. The van der Waals surface area contributed by atoms with Crippen LogP contribution in [0.15, 0.2) is 24.4 Å². The molecule has 0 aliphatic carbocycles. The van der Waals surface area contributed by atoms with E-state index in [0.29, 0.717) is 25.5 Å². The van der Waals surface area contributed by atoms with Gasteiger partial charge in [0.2, 0.25) is 5.91 Å². The first-order valence-corrected chi connectivity index (χ1v) is 8.05. The number of carbonyl (C=O) groups excluding carboxylic acids is 1. The van der Waals surface area contributed by atoms with Crippen LogP contribution < -0.4 is 4.74 Å². The molecular weight excluding hydrogens is 290 g/mol. The molecule has 0 saturated heterocycles. The van der Waals surface area contributed by atoms with Crippen molar-refractivity contribution < 1.29 is 9.53 Å². The molecule has 1 N–H and O–H groups in total. The van der Waals surface area contributed by atoms with Crippen LogP contribution in [-0.2, 0) is 11.3 Å². The summed E-state index contributed by atoms with van der Waals surface area (Å²) in [4.78, 5) is 14.4. The van der Waals surface area contributed by atoms with E-state index in [0.717, 1.165) is 34.7 Å². The lowest BCUT2D eigenvalue weighted by Crippen LogP contribution is -2.37. The van der Waals surface area contributed by atoms with Gasteiger partial charge in [0.1, 0.15) is 5.75 Å². The molecule has 2 heterocycles. The van der Waals surface area contributed by atoms with Crippen molar-refractivity contribution in [2.75, 3.05) is 13.2 Å². The Bertz CT molecular complexity index is 688. The first-order chi connectivity index (χ1) is 11.1. The number of ether oxygens (including phenoxy) is 1. The van der Waals surface area contributed by atoms with Crippen LogP contribution in [-0.4, -0.2) is 34.2 Å². The van der Waals surface area contributed by atoms with Crippen molar-refractivity contribution in [3.63, 3.8) is 0 Å². The monoisotopic (exact) mass is 313 g/mol. The fourth-order valence-electron chi connectivity index (χ4n) is 3.18. The number of nitrogens with one attached hydrogen (secondary N) is 1. The SMILES string of the molecule is Cc1cccc(C)c1OCCC(=O)N1Cc2cn[nH]c2[C@H](C)C1. The van der Waals surface area contributed by atoms with E-state index in [1.54, 1.807) is 0 Å². The Hall–Kier alpha value is -2.30. The number of aromatic amines is 1. The maximum Gasteiger partial charge on any atom is 0.226 e. The van der Waals surface area contributed by atoms with Gasteiger partial charge in [-0.2, -0.15) is 5.10 Å². The number of H-pyrrole nitrogens is 1. The molecule has 0 unspecified atom stereocenters. The Morgan fingerprint density at radius 2 is 2.13 bits per heavy atom. The van der Waals surface area contributed by atoms with Crippen LogP contribution in [0, 0.1) is 13.8 Å². The molecule has 3 rings (SSSR count). The Labute approximate surface area is 136 Å². The number of carbonyl (C=O) groups is 1. The molecule has 5 heteroatoms. The number of aromatic nitrogens is 2. The molecule has 1 amide bonds. The van der Waals surface area contributed by atoms with Crippen LogP contribution in [0.25, 0.3) is 0 Å². The third-order valence-electron chi connectivity index (χ3n) is 4.42. The number of aryl methyl sites for hydroxylation is 2. The van der Waals surface area contributed by atoms with Crippen molar-refractivity contribution in [3.8, 4) is 5.75 Å². The third-order valence-corrected chi connectivity index (χ3v) is 4.42. The maximum atomic E-state index is 12.5. The van der Waals surface area contributed by atoms with Crippen molar-refractivity contribution in [3.05, 3.63) is 46.8 Å². The van der Waals surface area contributed by atoms with Crippen molar-refractivity contribution in [1.82, 2.24) is 15.1 Å². The average molecular weight is 313 g/mol. The van der Waals surface area contributed by atoms with Crippen LogP contribution in [0.2, 0.25) is 0 Å². The molecule has 1 aromatic carbocycles. The predicted molar refractivity (Wildman–Crippen MR) is 88.4 cm³/mol. The second-order valence-corrected chi connectivity index (χ2v) is 6.30. The van der Waals surface area contributed by atoms with E-state index >= 15 is 0 Å². The largest absolute Gasteiger partial charge is 0.493 e. The lowest BCUT2D eigenvalue weighted by Gasteiger charge is -2.30. The topological polar surface area (TPSA) is 58.2 Å². The number of rotatable bonds is 4. The molecule has 1 aromatic heterocycles. The number of hydrogen-bond donors (Lipinski definition) is 1. The standard InChI is InChI=1S/C18H23N3O2/c1-12-5-4-6-13(2)18(12)23-8-7-16(22)21-10-14(3)17-15(11-21)9-19-20-17/h4-6,9,14H,7-8,10-11H2,1-3H3,(H,19,20)/t14-/m1/s1. The van der Waals surface area contributed by atoms with E-state index in [1.165, 1.54) is 0 Å². The van der Waals surface area contributed by atoms with E-state index in [-0.39, 0.29) is 5.91 Å². The molecule has 1 atom stereocenters. The van der Waals surface area contributed by atoms with Crippen LogP contribution in [0.4, 0.5) is 0 Å². The van der Waals surface area contributed by atoms with Crippen molar-refractivity contribution in [2.24, 2.45) is 0 Å². The summed E-state index contributed by atoms with van der Waals surface area (Å²) >= 11 is 0. The molecular formula is C18H23N3O2. The van der Waals surface area contributed by atoms with Gasteiger partial charge < -0.3 is 9.64 Å². The second-order valence-electron chi connectivity index (χ2n) is 6.30. The summed E-state index contributed by atoms with van der Waals surface area (Å²) in [6, 6.07) is 6.06. The van der Waals surface area contributed by atoms with Crippen molar-refractivity contribution >= 4 is 5.91 Å². The number of fused-ring (bicyclic) bond motifs is 1. The molecule has 0 saturated carbocycles. The molecule has 1 aliphatic rings. The number of hydrogen-bond acceptors (Lipinski definition) is 3. The summed E-state index contributed by atoms with van der Waals surface area (Å²) in [7, 11) is 0.